The third-order valence-electron chi connectivity index (χ3n) is 5.31. The van der Waals surface area contributed by atoms with Gasteiger partial charge >= 0.3 is 0 Å². The molecule has 0 atom stereocenters. The first kappa shape index (κ1) is 17.4. The molecule has 2 amide bonds. The van der Waals surface area contributed by atoms with Crippen LogP contribution >= 0.6 is 0 Å². The van der Waals surface area contributed by atoms with Crippen LogP contribution in [0.2, 0.25) is 0 Å². The highest BCUT2D eigenvalue weighted by Gasteiger charge is 2.47. The lowest BCUT2D eigenvalue weighted by atomic mass is 9.79. The normalized spacial score (nSPS) is 18.3. The molecular weight excluding hydrogens is 345 g/mol. The van der Waals surface area contributed by atoms with E-state index in [1.54, 1.807) is 35.4 Å². The Morgan fingerprint density at radius 3 is 2.37 bits per heavy atom. The van der Waals surface area contributed by atoms with Crippen molar-refractivity contribution < 1.29 is 14.0 Å². The second-order valence-corrected chi connectivity index (χ2v) is 7.05. The second-order valence-electron chi connectivity index (χ2n) is 7.05. The Morgan fingerprint density at radius 2 is 1.70 bits per heavy atom. The van der Waals surface area contributed by atoms with Crippen LogP contribution in [0.5, 0.6) is 0 Å². The molecule has 0 aliphatic carbocycles. The first-order chi connectivity index (χ1) is 13.1. The van der Waals surface area contributed by atoms with Gasteiger partial charge in [0.05, 0.1) is 12.0 Å². The summed E-state index contributed by atoms with van der Waals surface area (Å²) in [5.74, 6) is -0.350. The smallest absolute Gasteiger partial charge is 0.254 e. The number of amides is 2. The van der Waals surface area contributed by atoms with E-state index in [0.717, 1.165) is 5.56 Å². The van der Waals surface area contributed by atoms with Crippen LogP contribution in [0.3, 0.4) is 0 Å². The van der Waals surface area contributed by atoms with Crippen LogP contribution in [0, 0.1) is 11.2 Å². The Balaban J connectivity index is 1.40. The zero-order valence-electron chi connectivity index (χ0n) is 14.8. The molecular formula is C21H20FN3O2. The minimum atomic E-state index is -0.631. The molecule has 1 saturated heterocycles. The molecule has 0 aromatic heterocycles. The summed E-state index contributed by atoms with van der Waals surface area (Å²) in [4.78, 5) is 27.3. The summed E-state index contributed by atoms with van der Waals surface area (Å²) in [6.45, 7) is 1.37. The Hall–Kier alpha value is -3.02. The van der Waals surface area contributed by atoms with Gasteiger partial charge in [0.2, 0.25) is 0 Å². The predicted molar refractivity (Wildman–Crippen MR) is 99.5 cm³/mol. The molecule has 0 N–H and O–H groups in total. The number of piperidine rings is 1. The van der Waals surface area contributed by atoms with E-state index < -0.39 is 5.41 Å². The largest absolute Gasteiger partial charge is 0.339 e. The number of carbonyl (C=O) groups excluding carboxylic acids is 2. The highest BCUT2D eigenvalue weighted by Crippen LogP contribution is 2.36. The lowest BCUT2D eigenvalue weighted by Crippen LogP contribution is -2.48. The molecule has 1 spiro atoms. The number of rotatable bonds is 3. The molecule has 0 unspecified atom stereocenters. The van der Waals surface area contributed by atoms with E-state index in [9.17, 15) is 14.0 Å². The van der Waals surface area contributed by atoms with Gasteiger partial charge in [-0.2, -0.15) is 5.10 Å². The van der Waals surface area contributed by atoms with Crippen LogP contribution in [-0.2, 0) is 11.3 Å². The fourth-order valence-corrected chi connectivity index (χ4v) is 3.64. The SMILES string of the molecule is O=C(c1ccccc1)N1CCC2(C=NN(Cc3ccc(F)cc3)C2=O)CC1. The van der Waals surface area contributed by atoms with Gasteiger partial charge in [0.1, 0.15) is 5.82 Å². The maximum atomic E-state index is 13.0. The van der Waals surface area contributed by atoms with Gasteiger partial charge in [-0.1, -0.05) is 30.3 Å². The van der Waals surface area contributed by atoms with Gasteiger partial charge < -0.3 is 4.90 Å². The monoisotopic (exact) mass is 365 g/mol. The molecule has 1 fully saturated rings. The number of halogens is 1. The van der Waals surface area contributed by atoms with Gasteiger partial charge in [-0.3, -0.25) is 9.59 Å². The Bertz CT molecular complexity index is 872. The van der Waals surface area contributed by atoms with Crippen molar-refractivity contribution in [2.24, 2.45) is 10.5 Å². The number of hydrogen-bond acceptors (Lipinski definition) is 3. The Kier molecular flexibility index (Phi) is 4.48. The van der Waals surface area contributed by atoms with Crippen molar-refractivity contribution >= 4 is 18.0 Å². The van der Waals surface area contributed by atoms with Gasteiger partial charge in [-0.05, 0) is 42.7 Å². The zero-order valence-corrected chi connectivity index (χ0v) is 14.8. The summed E-state index contributed by atoms with van der Waals surface area (Å²) in [6, 6.07) is 15.3. The summed E-state index contributed by atoms with van der Waals surface area (Å²) < 4.78 is 13.0. The molecule has 0 saturated carbocycles. The number of likely N-dealkylation sites (tertiary alicyclic amines) is 1. The first-order valence-corrected chi connectivity index (χ1v) is 9.03. The molecule has 6 heteroatoms. The molecule has 2 heterocycles. The molecule has 27 heavy (non-hydrogen) atoms. The minimum Gasteiger partial charge on any atom is -0.339 e. The Labute approximate surface area is 157 Å². The zero-order chi connectivity index (χ0) is 18.9. The molecule has 0 radical (unpaired) electrons. The summed E-state index contributed by atoms with van der Waals surface area (Å²) >= 11 is 0. The van der Waals surface area contributed by atoms with Crippen LogP contribution in [0.15, 0.2) is 59.7 Å². The molecule has 2 aliphatic rings. The summed E-state index contributed by atoms with van der Waals surface area (Å²) in [5, 5.41) is 5.75. The summed E-state index contributed by atoms with van der Waals surface area (Å²) in [6.07, 6.45) is 2.85. The fraction of sp³-hybridized carbons (Fsp3) is 0.286. The minimum absolute atomic E-state index is 0.00370. The summed E-state index contributed by atoms with van der Waals surface area (Å²) in [7, 11) is 0. The number of benzene rings is 2. The summed E-state index contributed by atoms with van der Waals surface area (Å²) in [5.41, 5.74) is 0.862. The van der Waals surface area contributed by atoms with E-state index in [1.165, 1.54) is 17.1 Å². The predicted octanol–water partition coefficient (Wildman–Crippen LogP) is 3.08. The van der Waals surface area contributed by atoms with Crippen molar-refractivity contribution in [1.29, 1.82) is 0 Å². The first-order valence-electron chi connectivity index (χ1n) is 9.03. The molecule has 4 rings (SSSR count). The van der Waals surface area contributed by atoms with Crippen LogP contribution in [0.1, 0.15) is 28.8 Å². The van der Waals surface area contributed by atoms with Gasteiger partial charge in [0.15, 0.2) is 0 Å². The average Bonchev–Trinajstić information content (AvgIpc) is 3.00. The lowest BCUT2D eigenvalue weighted by molar-refractivity contribution is -0.138. The van der Waals surface area contributed by atoms with Crippen LogP contribution < -0.4 is 0 Å². The van der Waals surface area contributed by atoms with E-state index in [2.05, 4.69) is 5.10 Å². The lowest BCUT2D eigenvalue weighted by Gasteiger charge is -2.36. The third kappa shape index (κ3) is 3.35. The maximum absolute atomic E-state index is 13.0. The molecule has 2 aromatic rings. The molecule has 5 nitrogen and oxygen atoms in total. The number of hydrazone groups is 1. The fourth-order valence-electron chi connectivity index (χ4n) is 3.64. The van der Waals surface area contributed by atoms with E-state index in [-0.39, 0.29) is 17.6 Å². The van der Waals surface area contributed by atoms with Gasteiger partial charge in [0.25, 0.3) is 11.8 Å². The molecule has 0 bridgehead atoms. The maximum Gasteiger partial charge on any atom is 0.254 e. The van der Waals surface area contributed by atoms with Gasteiger partial charge in [0, 0.05) is 24.9 Å². The van der Waals surface area contributed by atoms with Crippen LogP contribution in [0.4, 0.5) is 4.39 Å². The van der Waals surface area contributed by atoms with Crippen molar-refractivity contribution in [3.63, 3.8) is 0 Å². The van der Waals surface area contributed by atoms with Gasteiger partial charge in [-0.25, -0.2) is 9.40 Å². The average molecular weight is 365 g/mol. The van der Waals surface area contributed by atoms with Crippen LogP contribution in [-0.4, -0.2) is 41.0 Å². The van der Waals surface area contributed by atoms with Crippen molar-refractivity contribution in [3.05, 3.63) is 71.5 Å². The van der Waals surface area contributed by atoms with Crippen molar-refractivity contribution in [3.8, 4) is 0 Å². The van der Waals surface area contributed by atoms with Gasteiger partial charge in [-0.15, -0.1) is 0 Å². The number of carbonyl (C=O) groups is 2. The van der Waals surface area contributed by atoms with Crippen molar-refractivity contribution in [1.82, 2.24) is 9.91 Å². The standard InChI is InChI=1S/C21H20FN3O2/c22-18-8-6-16(7-9-18)14-25-20(27)21(15-23-25)10-12-24(13-11-21)19(26)17-4-2-1-3-5-17/h1-9,15H,10-14H2. The topological polar surface area (TPSA) is 53.0 Å². The Morgan fingerprint density at radius 1 is 1.04 bits per heavy atom. The van der Waals surface area contributed by atoms with E-state index >= 15 is 0 Å². The molecule has 2 aromatic carbocycles. The van der Waals surface area contributed by atoms with Crippen molar-refractivity contribution in [2.75, 3.05) is 13.1 Å². The quantitative estimate of drug-likeness (QED) is 0.839. The number of hydrogen-bond donors (Lipinski definition) is 0. The van der Waals surface area contributed by atoms with E-state index in [4.69, 9.17) is 0 Å². The highest BCUT2D eigenvalue weighted by molar-refractivity contribution is 6.02. The van der Waals surface area contributed by atoms with E-state index in [0.29, 0.717) is 38.0 Å². The molecule has 2 aliphatic heterocycles. The highest BCUT2D eigenvalue weighted by atomic mass is 19.1. The third-order valence-corrected chi connectivity index (χ3v) is 5.31. The van der Waals surface area contributed by atoms with E-state index in [1.807, 2.05) is 18.2 Å². The van der Waals surface area contributed by atoms with Crippen molar-refractivity contribution in [2.45, 2.75) is 19.4 Å². The van der Waals surface area contributed by atoms with Crippen LogP contribution in [0.25, 0.3) is 0 Å². The second kappa shape index (κ2) is 6.95. The number of nitrogens with zero attached hydrogens (tertiary/aromatic N) is 3. The molecule has 138 valence electrons.